The van der Waals surface area contributed by atoms with Gasteiger partial charge in [0.1, 0.15) is 5.82 Å². The lowest BCUT2D eigenvalue weighted by Crippen LogP contribution is -2.43. The van der Waals surface area contributed by atoms with Crippen LogP contribution in [-0.4, -0.2) is 28.1 Å². The molecule has 0 unspecified atom stereocenters. The molecule has 7 heteroatoms. The minimum atomic E-state index is -0.316. The lowest BCUT2D eigenvalue weighted by atomic mass is 9.64. The van der Waals surface area contributed by atoms with Crippen molar-refractivity contribution in [1.29, 1.82) is 0 Å². The lowest BCUT2D eigenvalue weighted by molar-refractivity contribution is 0.129. The van der Waals surface area contributed by atoms with Crippen LogP contribution in [0.2, 0.25) is 0 Å². The molecule has 2 heterocycles. The predicted molar refractivity (Wildman–Crippen MR) is 132 cm³/mol. The van der Waals surface area contributed by atoms with Crippen LogP contribution < -0.4 is 5.32 Å². The third-order valence-corrected chi connectivity index (χ3v) is 7.92. The molecule has 4 atom stereocenters. The molecular weight excluding hydrogens is 449 g/mol. The van der Waals surface area contributed by atoms with Crippen LogP contribution in [0.15, 0.2) is 54.9 Å². The van der Waals surface area contributed by atoms with Gasteiger partial charge >= 0.3 is 6.09 Å². The molecule has 0 radical (unpaired) electrons. The van der Waals surface area contributed by atoms with E-state index in [9.17, 15) is 9.18 Å². The summed E-state index contributed by atoms with van der Waals surface area (Å²) in [4.78, 5) is 17.9. The van der Waals surface area contributed by atoms with Gasteiger partial charge in [-0.25, -0.2) is 13.6 Å². The monoisotopic (exact) mass is 477 g/mol. The number of benzene rings is 1. The van der Waals surface area contributed by atoms with Crippen molar-refractivity contribution in [2.75, 3.05) is 6.61 Å². The molecule has 1 saturated carbocycles. The SMILES string of the molecule is CCOC(=O)N[C@@H]1CC[C@@H]2[C@H](Cc3cnsc3[C@H]2C=Cc2ccc(-c3cccc(F)c3)cn2)C1. The number of hydrogen-bond acceptors (Lipinski definition) is 5. The van der Waals surface area contributed by atoms with E-state index in [1.807, 2.05) is 31.3 Å². The number of alkyl carbamates (subject to hydrolysis) is 1. The summed E-state index contributed by atoms with van der Waals surface area (Å²) < 4.78 is 23.1. The Balaban J connectivity index is 1.32. The molecule has 1 N–H and O–H groups in total. The third kappa shape index (κ3) is 4.89. The van der Waals surface area contributed by atoms with Gasteiger partial charge < -0.3 is 10.1 Å². The molecule has 2 aromatic heterocycles. The van der Waals surface area contributed by atoms with Gasteiger partial charge in [0.15, 0.2) is 0 Å². The molecule has 1 aromatic carbocycles. The summed E-state index contributed by atoms with van der Waals surface area (Å²) in [5, 5.41) is 3.04. The number of carbonyl (C=O) groups is 1. The summed E-state index contributed by atoms with van der Waals surface area (Å²) in [6, 6.07) is 10.7. The van der Waals surface area contributed by atoms with Gasteiger partial charge in [0, 0.05) is 34.8 Å². The van der Waals surface area contributed by atoms with Gasteiger partial charge in [-0.3, -0.25) is 4.98 Å². The van der Waals surface area contributed by atoms with Crippen LogP contribution in [0.1, 0.15) is 48.2 Å². The molecule has 0 bridgehead atoms. The predicted octanol–water partition coefficient (Wildman–Crippen LogP) is 6.23. The van der Waals surface area contributed by atoms with Gasteiger partial charge in [-0.05, 0) is 91.4 Å². The number of ether oxygens (including phenoxy) is 1. The standard InChI is InChI=1S/C27H28FN3O2S/c1-2-33-27(32)31-23-9-10-24-19(14-23)12-20-16-30-34-26(20)25(24)11-8-22-7-6-18(15-29-22)17-4-3-5-21(28)13-17/h3-8,11,13,15-16,19,23-25H,2,9-10,12,14H2,1H3,(H,31,32)/t19-,23-,24-,25+/m1/s1. The van der Waals surface area contributed by atoms with Crippen LogP contribution in [0.3, 0.4) is 0 Å². The fourth-order valence-electron chi connectivity index (χ4n) is 5.41. The topological polar surface area (TPSA) is 64.1 Å². The van der Waals surface area contributed by atoms with E-state index in [-0.39, 0.29) is 18.0 Å². The minimum absolute atomic E-state index is 0.162. The lowest BCUT2D eigenvalue weighted by Gasteiger charge is -2.42. The van der Waals surface area contributed by atoms with Crippen molar-refractivity contribution >= 4 is 23.7 Å². The molecule has 1 fully saturated rings. The molecule has 0 spiro atoms. The van der Waals surface area contributed by atoms with Crippen LogP contribution in [0.25, 0.3) is 17.2 Å². The number of allylic oxidation sites excluding steroid dienone is 1. The Bertz CT molecular complexity index is 1180. The summed E-state index contributed by atoms with van der Waals surface area (Å²) in [6.45, 7) is 2.21. The Morgan fingerprint density at radius 1 is 1.24 bits per heavy atom. The second-order valence-electron chi connectivity index (χ2n) is 9.09. The number of carbonyl (C=O) groups excluding carboxylic acids is 1. The number of halogens is 1. The van der Waals surface area contributed by atoms with E-state index in [2.05, 4.69) is 26.8 Å². The first-order chi connectivity index (χ1) is 16.6. The molecule has 5 nitrogen and oxygen atoms in total. The highest BCUT2D eigenvalue weighted by molar-refractivity contribution is 7.06. The fraction of sp³-hybridized carbons (Fsp3) is 0.370. The number of aromatic nitrogens is 2. The number of nitrogens with zero attached hydrogens (tertiary/aromatic N) is 2. The number of rotatable bonds is 5. The fourth-order valence-corrected chi connectivity index (χ4v) is 6.34. The Labute approximate surface area is 203 Å². The van der Waals surface area contributed by atoms with Crippen molar-refractivity contribution in [3.63, 3.8) is 0 Å². The van der Waals surface area contributed by atoms with Crippen molar-refractivity contribution in [2.45, 2.75) is 44.6 Å². The van der Waals surface area contributed by atoms with Gasteiger partial charge in [0.2, 0.25) is 0 Å². The Morgan fingerprint density at radius 2 is 2.15 bits per heavy atom. The van der Waals surface area contributed by atoms with Crippen LogP contribution in [0.5, 0.6) is 0 Å². The number of fused-ring (bicyclic) bond motifs is 2. The molecule has 0 saturated heterocycles. The second-order valence-corrected chi connectivity index (χ2v) is 9.92. The van der Waals surface area contributed by atoms with Crippen molar-refractivity contribution in [2.24, 2.45) is 11.8 Å². The zero-order valence-electron chi connectivity index (χ0n) is 19.1. The zero-order chi connectivity index (χ0) is 23.5. The maximum absolute atomic E-state index is 13.5. The van der Waals surface area contributed by atoms with Crippen LogP contribution in [-0.2, 0) is 11.2 Å². The minimum Gasteiger partial charge on any atom is -0.450 e. The Kier molecular flexibility index (Phi) is 6.72. The van der Waals surface area contributed by atoms with Gasteiger partial charge in [-0.1, -0.05) is 24.3 Å². The molecule has 176 valence electrons. The van der Waals surface area contributed by atoms with Gasteiger partial charge in [-0.15, -0.1) is 0 Å². The first-order valence-electron chi connectivity index (χ1n) is 11.9. The molecular formula is C27H28FN3O2S. The van der Waals surface area contributed by atoms with Crippen LogP contribution in [0, 0.1) is 17.7 Å². The summed E-state index contributed by atoms with van der Waals surface area (Å²) in [5.41, 5.74) is 3.92. The number of nitrogens with one attached hydrogen (secondary N) is 1. The van der Waals surface area contributed by atoms with E-state index in [4.69, 9.17) is 4.74 Å². The van der Waals surface area contributed by atoms with E-state index in [1.165, 1.54) is 22.6 Å². The second kappa shape index (κ2) is 10.1. The number of pyridine rings is 1. The molecule has 1 amide bonds. The summed E-state index contributed by atoms with van der Waals surface area (Å²) in [6.07, 6.45) is 11.8. The summed E-state index contributed by atoms with van der Waals surface area (Å²) in [7, 11) is 0. The highest BCUT2D eigenvalue weighted by atomic mass is 32.1. The maximum atomic E-state index is 13.5. The first kappa shape index (κ1) is 22.7. The maximum Gasteiger partial charge on any atom is 0.407 e. The van der Waals surface area contributed by atoms with E-state index < -0.39 is 0 Å². The average molecular weight is 478 g/mol. The first-order valence-corrected chi connectivity index (χ1v) is 12.6. The van der Waals surface area contributed by atoms with Crippen molar-refractivity contribution in [1.82, 2.24) is 14.7 Å². The van der Waals surface area contributed by atoms with Crippen LogP contribution in [0.4, 0.5) is 9.18 Å². The van der Waals surface area contributed by atoms with E-state index >= 15 is 0 Å². The quantitative estimate of drug-likeness (QED) is 0.473. The van der Waals surface area contributed by atoms with Gasteiger partial charge in [0.05, 0.1) is 12.3 Å². The largest absolute Gasteiger partial charge is 0.450 e. The highest BCUT2D eigenvalue weighted by Crippen LogP contribution is 2.48. The highest BCUT2D eigenvalue weighted by Gasteiger charge is 2.40. The molecule has 2 aliphatic rings. The zero-order valence-corrected chi connectivity index (χ0v) is 19.9. The number of hydrogen-bond donors (Lipinski definition) is 1. The Hall–Kier alpha value is -3.06. The Morgan fingerprint density at radius 3 is 2.94 bits per heavy atom. The smallest absolute Gasteiger partial charge is 0.407 e. The molecule has 3 aromatic rings. The normalized spacial score (nSPS) is 23.8. The average Bonchev–Trinajstić information content (AvgIpc) is 3.30. The van der Waals surface area contributed by atoms with E-state index in [0.717, 1.165) is 42.5 Å². The molecule has 5 rings (SSSR count). The van der Waals surface area contributed by atoms with Crippen molar-refractivity contribution < 1.29 is 13.9 Å². The number of amides is 1. The van der Waals surface area contributed by atoms with Gasteiger partial charge in [-0.2, -0.15) is 0 Å². The van der Waals surface area contributed by atoms with Crippen molar-refractivity contribution in [3.8, 4) is 11.1 Å². The third-order valence-electron chi connectivity index (χ3n) is 6.98. The van der Waals surface area contributed by atoms with E-state index in [0.29, 0.717) is 24.4 Å². The summed E-state index contributed by atoms with van der Waals surface area (Å²) in [5.74, 6) is 1.08. The molecule has 2 aliphatic carbocycles. The molecule has 34 heavy (non-hydrogen) atoms. The summed E-state index contributed by atoms with van der Waals surface area (Å²) >= 11 is 1.60. The molecule has 0 aliphatic heterocycles. The van der Waals surface area contributed by atoms with Gasteiger partial charge in [0.25, 0.3) is 0 Å². The van der Waals surface area contributed by atoms with Crippen LogP contribution >= 0.6 is 11.5 Å². The van der Waals surface area contributed by atoms with Crippen molar-refractivity contribution in [3.05, 3.63) is 76.8 Å². The van der Waals surface area contributed by atoms with E-state index in [1.54, 1.807) is 23.8 Å².